The van der Waals surface area contributed by atoms with Crippen LogP contribution in [0.1, 0.15) is 21.7 Å². The Morgan fingerprint density at radius 1 is 1.06 bits per heavy atom. The number of carbonyl (C=O) groups excluding carboxylic acids is 2. The fourth-order valence-electron chi connectivity index (χ4n) is 3.75. The molecule has 9 heteroatoms. The average Bonchev–Trinajstić information content (AvgIpc) is 3.11. The maximum Gasteiger partial charge on any atom is 0.258 e. The maximum absolute atomic E-state index is 12.8. The van der Waals surface area contributed by atoms with Gasteiger partial charge < -0.3 is 15.1 Å². The second kappa shape index (κ2) is 8.95. The highest BCUT2D eigenvalue weighted by Crippen LogP contribution is 2.23. The topological polar surface area (TPSA) is 96.2 Å². The van der Waals surface area contributed by atoms with E-state index >= 15 is 0 Å². The number of carbonyl (C=O) groups is 2. The number of hydrogen-bond donors (Lipinski definition) is 1. The smallest absolute Gasteiger partial charge is 0.258 e. The lowest BCUT2D eigenvalue weighted by atomic mass is 10.1. The first-order chi connectivity index (χ1) is 15.0. The van der Waals surface area contributed by atoms with Gasteiger partial charge in [0.05, 0.1) is 17.5 Å². The second-order valence-electron chi connectivity index (χ2n) is 7.51. The number of anilines is 2. The zero-order valence-electron chi connectivity index (χ0n) is 17.7. The van der Waals surface area contributed by atoms with Crippen molar-refractivity contribution in [3.63, 3.8) is 0 Å². The largest absolute Gasteiger partial charge is 0.367 e. The number of aryl methyl sites for hydroxylation is 2. The van der Waals surface area contributed by atoms with E-state index in [1.165, 1.54) is 12.4 Å². The third-order valence-corrected chi connectivity index (χ3v) is 5.31. The molecule has 0 unspecified atom stereocenters. The Morgan fingerprint density at radius 2 is 1.84 bits per heavy atom. The molecule has 4 rings (SSSR count). The molecule has 0 radical (unpaired) electrons. The molecule has 2 amide bonds. The number of para-hydroxylation sites is 1. The van der Waals surface area contributed by atoms with Crippen LogP contribution >= 0.6 is 0 Å². The standard InChI is InChI=1S/C22H25N7O2/c1-16-13-17(2)29(26-16)15-21(30)28-11-9-27(10-12-28)19-6-4-3-5-18(19)22(31)25-20-14-23-7-8-24-20/h3-8,13-14H,9-12,15H2,1-2H3,(H,24,25,31). The Morgan fingerprint density at radius 3 is 2.52 bits per heavy atom. The van der Waals surface area contributed by atoms with Crippen LogP contribution < -0.4 is 10.2 Å². The minimum absolute atomic E-state index is 0.0551. The Bertz CT molecular complexity index is 1070. The number of rotatable bonds is 5. The second-order valence-corrected chi connectivity index (χ2v) is 7.51. The van der Waals surface area contributed by atoms with Gasteiger partial charge in [0.1, 0.15) is 6.54 Å². The summed E-state index contributed by atoms with van der Waals surface area (Å²) in [5.74, 6) is 0.223. The van der Waals surface area contributed by atoms with E-state index in [4.69, 9.17) is 0 Å². The van der Waals surface area contributed by atoms with Gasteiger partial charge in [-0.3, -0.25) is 19.3 Å². The molecule has 1 aromatic carbocycles. The highest BCUT2D eigenvalue weighted by Gasteiger charge is 2.24. The summed E-state index contributed by atoms with van der Waals surface area (Å²) in [6, 6.07) is 9.44. The van der Waals surface area contributed by atoms with Crippen LogP contribution in [0.3, 0.4) is 0 Å². The molecule has 3 aromatic rings. The molecular weight excluding hydrogens is 394 g/mol. The summed E-state index contributed by atoms with van der Waals surface area (Å²) in [7, 11) is 0. The van der Waals surface area contributed by atoms with Crippen molar-refractivity contribution in [3.05, 3.63) is 65.9 Å². The fourth-order valence-corrected chi connectivity index (χ4v) is 3.75. The molecule has 31 heavy (non-hydrogen) atoms. The predicted molar refractivity (Wildman–Crippen MR) is 117 cm³/mol. The Balaban J connectivity index is 1.40. The van der Waals surface area contributed by atoms with Crippen molar-refractivity contribution in [3.8, 4) is 0 Å². The lowest BCUT2D eigenvalue weighted by Gasteiger charge is -2.36. The normalized spacial score (nSPS) is 13.9. The van der Waals surface area contributed by atoms with Crippen molar-refractivity contribution in [1.29, 1.82) is 0 Å². The van der Waals surface area contributed by atoms with Crippen molar-refractivity contribution in [1.82, 2.24) is 24.6 Å². The van der Waals surface area contributed by atoms with Crippen LogP contribution in [0, 0.1) is 13.8 Å². The number of benzene rings is 1. The molecule has 1 aliphatic rings. The lowest BCUT2D eigenvalue weighted by molar-refractivity contribution is -0.132. The summed E-state index contributed by atoms with van der Waals surface area (Å²) in [5, 5.41) is 7.16. The van der Waals surface area contributed by atoms with Crippen LogP contribution in [-0.2, 0) is 11.3 Å². The lowest BCUT2D eigenvalue weighted by Crippen LogP contribution is -2.50. The first kappa shape index (κ1) is 20.5. The van der Waals surface area contributed by atoms with Gasteiger partial charge in [0.2, 0.25) is 5.91 Å². The average molecular weight is 419 g/mol. The summed E-state index contributed by atoms with van der Waals surface area (Å²) >= 11 is 0. The van der Waals surface area contributed by atoms with Crippen LogP contribution in [0.2, 0.25) is 0 Å². The van der Waals surface area contributed by atoms with E-state index in [0.717, 1.165) is 17.1 Å². The fraction of sp³-hybridized carbons (Fsp3) is 0.318. The minimum Gasteiger partial charge on any atom is -0.367 e. The predicted octanol–water partition coefficient (Wildman–Crippen LogP) is 1.89. The summed E-state index contributed by atoms with van der Waals surface area (Å²) in [4.78, 5) is 37.6. The molecule has 0 atom stereocenters. The Kier molecular flexibility index (Phi) is 5.92. The molecule has 1 aliphatic heterocycles. The molecule has 1 N–H and O–H groups in total. The minimum atomic E-state index is -0.237. The van der Waals surface area contributed by atoms with Crippen LogP contribution in [0.4, 0.5) is 11.5 Å². The van der Waals surface area contributed by atoms with Gasteiger partial charge in [-0.25, -0.2) is 4.98 Å². The SMILES string of the molecule is Cc1cc(C)n(CC(=O)N2CCN(c3ccccc3C(=O)Nc3cnccn3)CC2)n1. The Hall–Kier alpha value is -3.75. The van der Waals surface area contributed by atoms with Gasteiger partial charge in [0.15, 0.2) is 5.82 Å². The van der Waals surface area contributed by atoms with E-state index in [-0.39, 0.29) is 18.4 Å². The molecule has 0 bridgehead atoms. The first-order valence-electron chi connectivity index (χ1n) is 10.2. The molecular formula is C22H25N7O2. The molecule has 3 heterocycles. The van der Waals surface area contributed by atoms with E-state index in [1.54, 1.807) is 16.9 Å². The number of nitrogens with zero attached hydrogens (tertiary/aromatic N) is 6. The number of hydrogen-bond acceptors (Lipinski definition) is 6. The van der Waals surface area contributed by atoms with Gasteiger partial charge in [-0.2, -0.15) is 5.10 Å². The number of nitrogens with one attached hydrogen (secondary N) is 1. The van der Waals surface area contributed by atoms with E-state index in [1.807, 2.05) is 43.0 Å². The van der Waals surface area contributed by atoms with Gasteiger partial charge in [0.25, 0.3) is 5.91 Å². The van der Waals surface area contributed by atoms with Crippen LogP contribution in [0.15, 0.2) is 48.9 Å². The van der Waals surface area contributed by atoms with E-state index in [9.17, 15) is 9.59 Å². The maximum atomic E-state index is 12.8. The van der Waals surface area contributed by atoms with E-state index in [0.29, 0.717) is 37.6 Å². The number of piperazine rings is 1. The highest BCUT2D eigenvalue weighted by molar-refractivity contribution is 6.07. The highest BCUT2D eigenvalue weighted by atomic mass is 16.2. The van der Waals surface area contributed by atoms with Crippen molar-refractivity contribution >= 4 is 23.3 Å². The van der Waals surface area contributed by atoms with Gasteiger partial charge in [-0.05, 0) is 32.0 Å². The zero-order valence-corrected chi connectivity index (χ0v) is 17.7. The first-order valence-corrected chi connectivity index (χ1v) is 10.2. The summed E-state index contributed by atoms with van der Waals surface area (Å²) in [5.41, 5.74) is 3.30. The van der Waals surface area contributed by atoms with E-state index < -0.39 is 0 Å². The molecule has 1 saturated heterocycles. The van der Waals surface area contributed by atoms with Gasteiger partial charge in [-0.1, -0.05) is 12.1 Å². The van der Waals surface area contributed by atoms with Crippen LogP contribution in [-0.4, -0.2) is 62.6 Å². The molecule has 0 saturated carbocycles. The van der Waals surface area contributed by atoms with Crippen molar-refractivity contribution < 1.29 is 9.59 Å². The van der Waals surface area contributed by atoms with E-state index in [2.05, 4.69) is 25.3 Å². The Labute approximate surface area is 180 Å². The summed E-state index contributed by atoms with van der Waals surface area (Å²) in [6.45, 7) is 6.61. The third-order valence-electron chi connectivity index (χ3n) is 5.31. The molecule has 9 nitrogen and oxygen atoms in total. The quantitative estimate of drug-likeness (QED) is 0.679. The van der Waals surface area contributed by atoms with Crippen molar-refractivity contribution in [2.24, 2.45) is 0 Å². The van der Waals surface area contributed by atoms with Gasteiger partial charge in [-0.15, -0.1) is 0 Å². The molecule has 0 aliphatic carbocycles. The van der Waals surface area contributed by atoms with Crippen LogP contribution in [0.5, 0.6) is 0 Å². The molecule has 0 spiro atoms. The molecule has 160 valence electrons. The van der Waals surface area contributed by atoms with Gasteiger partial charge in [0, 0.05) is 50.0 Å². The zero-order chi connectivity index (χ0) is 21.8. The monoisotopic (exact) mass is 419 g/mol. The van der Waals surface area contributed by atoms with Crippen molar-refractivity contribution in [2.75, 3.05) is 36.4 Å². The summed E-state index contributed by atoms with van der Waals surface area (Å²) in [6.07, 6.45) is 4.59. The molecule has 1 fully saturated rings. The van der Waals surface area contributed by atoms with Crippen molar-refractivity contribution in [2.45, 2.75) is 20.4 Å². The third kappa shape index (κ3) is 4.71. The van der Waals surface area contributed by atoms with Crippen LogP contribution in [0.25, 0.3) is 0 Å². The summed E-state index contributed by atoms with van der Waals surface area (Å²) < 4.78 is 1.75. The van der Waals surface area contributed by atoms with Gasteiger partial charge >= 0.3 is 0 Å². The number of aromatic nitrogens is 4. The number of amides is 2. The molecule has 2 aromatic heterocycles.